The van der Waals surface area contributed by atoms with Crippen LogP contribution in [0.3, 0.4) is 0 Å². The second-order valence-electron chi connectivity index (χ2n) is 8.24. The van der Waals surface area contributed by atoms with Gasteiger partial charge in [0.05, 0.1) is 0 Å². The minimum atomic E-state index is -2.49. The molecule has 0 radical (unpaired) electrons. The minimum absolute atomic E-state index is 0.284. The first-order valence-corrected chi connectivity index (χ1v) is 17.6. The zero-order chi connectivity index (χ0) is 19.9. The van der Waals surface area contributed by atoms with Gasteiger partial charge in [0, 0.05) is 0 Å². The second-order valence-corrected chi connectivity index (χ2v) is 17.0. The van der Waals surface area contributed by atoms with Crippen molar-refractivity contribution in [1.29, 1.82) is 0 Å². The van der Waals surface area contributed by atoms with Gasteiger partial charge in [0.15, 0.2) is 0 Å². The summed E-state index contributed by atoms with van der Waals surface area (Å²) in [6, 6.07) is 11.5. The van der Waals surface area contributed by atoms with Gasteiger partial charge >= 0.3 is 181 Å². The summed E-state index contributed by atoms with van der Waals surface area (Å²) >= 11 is -2.49. The van der Waals surface area contributed by atoms with Gasteiger partial charge in [0.2, 0.25) is 0 Å². The molecule has 0 amide bonds. The summed E-state index contributed by atoms with van der Waals surface area (Å²) in [4.78, 5) is 0. The summed E-state index contributed by atoms with van der Waals surface area (Å²) in [5, 5.41) is 0. The summed E-state index contributed by atoms with van der Waals surface area (Å²) in [7, 11) is 13.4. The molecule has 3 rings (SSSR count). The molecule has 27 heavy (non-hydrogen) atoms. The van der Waals surface area contributed by atoms with E-state index in [1.165, 1.54) is 44.5 Å². The van der Waals surface area contributed by atoms with Crippen molar-refractivity contribution in [1.82, 2.24) is 0 Å². The van der Waals surface area contributed by atoms with E-state index in [9.17, 15) is 0 Å². The Labute approximate surface area is 179 Å². The van der Waals surface area contributed by atoms with Gasteiger partial charge in [-0.2, -0.15) is 0 Å². The Kier molecular flexibility index (Phi) is 6.77. The van der Waals surface area contributed by atoms with Gasteiger partial charge in [-0.1, -0.05) is 0 Å². The van der Waals surface area contributed by atoms with Gasteiger partial charge in [-0.3, -0.25) is 0 Å². The Morgan fingerprint density at radius 2 is 1.63 bits per heavy atom. The quantitative estimate of drug-likeness (QED) is 0.403. The van der Waals surface area contributed by atoms with Gasteiger partial charge in [0.25, 0.3) is 0 Å². The van der Waals surface area contributed by atoms with Crippen LogP contribution in [-0.2, 0) is 19.4 Å². The first-order valence-electron chi connectivity index (χ1n) is 9.89. The maximum atomic E-state index is 6.68. The molecule has 143 valence electrons. The first-order chi connectivity index (χ1) is 12.7. The number of rotatable bonds is 5. The fraction of sp³-hybridized carbons (Fsp3) is 0.417. The zero-order valence-electron chi connectivity index (χ0n) is 17.2. The van der Waals surface area contributed by atoms with Crippen LogP contribution >= 0.6 is 17.0 Å². The van der Waals surface area contributed by atoms with E-state index >= 15 is 0 Å². The van der Waals surface area contributed by atoms with E-state index in [2.05, 4.69) is 78.0 Å². The van der Waals surface area contributed by atoms with Gasteiger partial charge < -0.3 is 0 Å². The molecule has 2 atom stereocenters. The van der Waals surface area contributed by atoms with Crippen molar-refractivity contribution >= 4 is 23.1 Å². The van der Waals surface area contributed by atoms with Crippen LogP contribution in [0.1, 0.15) is 71.5 Å². The molecule has 1 aliphatic carbocycles. The molecular formula is C24H29Cl2Zr. The third kappa shape index (κ3) is 4.17. The monoisotopic (exact) mass is 477 g/mol. The van der Waals surface area contributed by atoms with Crippen molar-refractivity contribution in [3.8, 4) is 11.1 Å². The van der Waals surface area contributed by atoms with Crippen molar-refractivity contribution in [2.24, 2.45) is 5.92 Å². The third-order valence-electron chi connectivity index (χ3n) is 5.80. The van der Waals surface area contributed by atoms with Gasteiger partial charge in [-0.05, 0) is 0 Å². The number of halogens is 2. The number of allylic oxidation sites excluding steroid dienone is 1. The van der Waals surface area contributed by atoms with Crippen molar-refractivity contribution in [2.45, 2.75) is 57.5 Å². The van der Waals surface area contributed by atoms with Gasteiger partial charge in [0.1, 0.15) is 0 Å². The molecule has 0 N–H and O–H groups in total. The fourth-order valence-corrected chi connectivity index (χ4v) is 9.92. The van der Waals surface area contributed by atoms with Gasteiger partial charge in [-0.15, -0.1) is 0 Å². The Balaban J connectivity index is 2.32. The topological polar surface area (TPSA) is 0 Å². The number of benzene rings is 2. The standard InChI is InChI=1S/C24H29.2ClH.Zr/c1-7-18(6)20-13-19-8-9-22(15(2)3)24(23(19)14-20)21-11-16(4)10-17(5)12-21;;;/h8-15,18H,7H2,1-6H3;2*1H;/q;;;+2/p-2. The molecule has 0 aromatic heterocycles. The fourth-order valence-electron chi connectivity index (χ4n) is 4.32. The second kappa shape index (κ2) is 8.56. The Hall–Kier alpha value is -0.357. The molecule has 0 saturated heterocycles. The number of hydrogen-bond acceptors (Lipinski definition) is 0. The van der Waals surface area contributed by atoms with E-state index in [4.69, 9.17) is 17.0 Å². The summed E-state index contributed by atoms with van der Waals surface area (Å²) in [6.07, 6.45) is 3.55. The summed E-state index contributed by atoms with van der Waals surface area (Å²) < 4.78 is 0.284. The van der Waals surface area contributed by atoms with E-state index < -0.39 is 19.4 Å². The van der Waals surface area contributed by atoms with Crippen LogP contribution in [0, 0.1) is 19.8 Å². The summed E-state index contributed by atoms with van der Waals surface area (Å²) in [5.41, 5.74) is 10.9. The van der Waals surface area contributed by atoms with E-state index in [1.54, 1.807) is 0 Å². The Bertz CT molecular complexity index is 860. The normalized spacial score (nSPS) is 17.1. The molecule has 0 heterocycles. The van der Waals surface area contributed by atoms with E-state index in [-0.39, 0.29) is 3.63 Å². The average molecular weight is 480 g/mol. The molecule has 0 saturated carbocycles. The van der Waals surface area contributed by atoms with Crippen LogP contribution in [-0.4, -0.2) is 0 Å². The summed E-state index contributed by atoms with van der Waals surface area (Å²) in [6.45, 7) is 13.5. The molecule has 2 aromatic rings. The molecule has 0 fully saturated rings. The SMILES string of the molecule is CCC(C)C1=Cc2c(ccc(C(C)C)c2-c2cc(C)cc(C)c2)[CH]1[Zr]([Cl])[Cl]. The first kappa shape index (κ1) is 21.4. The van der Waals surface area contributed by atoms with E-state index in [0.717, 1.165) is 6.42 Å². The predicted octanol–water partition coefficient (Wildman–Crippen LogP) is 8.50. The Morgan fingerprint density at radius 3 is 2.15 bits per heavy atom. The van der Waals surface area contributed by atoms with E-state index in [1.807, 2.05) is 0 Å². The molecular weight excluding hydrogens is 450 g/mol. The number of aryl methyl sites for hydroxylation is 2. The molecule has 2 aromatic carbocycles. The number of fused-ring (bicyclic) bond motifs is 1. The van der Waals surface area contributed by atoms with Crippen LogP contribution < -0.4 is 0 Å². The van der Waals surface area contributed by atoms with Crippen LogP contribution in [0.2, 0.25) is 0 Å². The van der Waals surface area contributed by atoms with Crippen LogP contribution in [0.4, 0.5) is 0 Å². The molecule has 2 unspecified atom stereocenters. The number of hydrogen-bond donors (Lipinski definition) is 0. The molecule has 0 nitrogen and oxygen atoms in total. The Morgan fingerprint density at radius 1 is 1.00 bits per heavy atom. The van der Waals surface area contributed by atoms with Crippen molar-refractivity contribution in [3.63, 3.8) is 0 Å². The third-order valence-corrected chi connectivity index (χ3v) is 11.0. The van der Waals surface area contributed by atoms with Crippen molar-refractivity contribution < 1.29 is 19.4 Å². The molecule has 0 spiro atoms. The summed E-state index contributed by atoms with van der Waals surface area (Å²) in [5.74, 6) is 0.987. The van der Waals surface area contributed by atoms with Crippen molar-refractivity contribution in [3.05, 3.63) is 63.7 Å². The zero-order valence-corrected chi connectivity index (χ0v) is 21.1. The maximum absolute atomic E-state index is 6.68. The van der Waals surface area contributed by atoms with Crippen LogP contribution in [0.5, 0.6) is 0 Å². The molecule has 1 aliphatic rings. The van der Waals surface area contributed by atoms with Crippen LogP contribution in [0.25, 0.3) is 17.2 Å². The van der Waals surface area contributed by atoms with Gasteiger partial charge in [-0.25, -0.2) is 0 Å². The average Bonchev–Trinajstić information content (AvgIpc) is 2.98. The molecule has 0 bridgehead atoms. The van der Waals surface area contributed by atoms with E-state index in [0.29, 0.717) is 11.8 Å². The predicted molar refractivity (Wildman–Crippen MR) is 117 cm³/mol. The molecule has 3 heteroatoms. The molecule has 0 aliphatic heterocycles. The van der Waals surface area contributed by atoms with Crippen LogP contribution in [0.15, 0.2) is 35.9 Å². The van der Waals surface area contributed by atoms with Crippen molar-refractivity contribution in [2.75, 3.05) is 0 Å².